The highest BCUT2D eigenvalue weighted by Gasteiger charge is 2.19. The first-order valence-corrected chi connectivity index (χ1v) is 17.4. The average Bonchev–Trinajstić information content (AvgIpc) is 2.97. The molecule has 0 heterocycles. The number of hydrogen-bond acceptors (Lipinski definition) is 7. The van der Waals surface area contributed by atoms with Crippen molar-refractivity contribution in [3.05, 3.63) is 11.9 Å². The molecule has 7 N–H and O–H groups in total. The Morgan fingerprint density at radius 2 is 1.27 bits per heavy atom. The average molecular weight is 624 g/mol. The number of carboxylic acids is 1. The monoisotopic (exact) mass is 623 g/mol. The maximum atomic E-state index is 12.3. The number of aliphatic carboxylic acids is 1. The van der Waals surface area contributed by atoms with Crippen molar-refractivity contribution in [3.8, 4) is 0 Å². The highest BCUT2D eigenvalue weighted by atomic mass is 16.4. The maximum Gasteiger partial charge on any atom is 0.326 e. The third-order valence-corrected chi connectivity index (χ3v) is 7.84. The fourth-order valence-electron chi connectivity index (χ4n) is 4.93. The summed E-state index contributed by atoms with van der Waals surface area (Å²) in [5.41, 5.74) is 6.46. The van der Waals surface area contributed by atoms with Crippen LogP contribution in [0.1, 0.15) is 156 Å². The lowest BCUT2D eigenvalue weighted by Crippen LogP contribution is -2.41. The number of unbranched alkanes of at least 4 members (excludes halogenated alkanes) is 13. The predicted molar refractivity (Wildman–Crippen MR) is 178 cm³/mol. The van der Waals surface area contributed by atoms with Crippen LogP contribution in [0.3, 0.4) is 0 Å². The van der Waals surface area contributed by atoms with Crippen LogP contribution in [-0.2, 0) is 19.2 Å². The van der Waals surface area contributed by atoms with Crippen LogP contribution in [0.4, 0.5) is 0 Å². The molecule has 2 amide bonds. The van der Waals surface area contributed by atoms with Gasteiger partial charge in [-0.15, -0.1) is 0 Å². The Balaban J connectivity index is 3.88. The molecule has 0 saturated heterocycles. The minimum atomic E-state index is -1.08. The number of Topliss-reactive ketones (excluding diaryl/α,β-unsaturated/α-hetero) is 1. The number of nitrogens with zero attached hydrogens (tertiary/aromatic N) is 1. The minimum absolute atomic E-state index is 0.00601. The summed E-state index contributed by atoms with van der Waals surface area (Å²) in [6.45, 7) is 6.83. The van der Waals surface area contributed by atoms with Crippen molar-refractivity contribution < 1.29 is 24.3 Å². The van der Waals surface area contributed by atoms with Gasteiger partial charge in [0.15, 0.2) is 0 Å². The van der Waals surface area contributed by atoms with E-state index in [0.29, 0.717) is 57.3 Å². The Kier molecular flexibility index (Phi) is 26.2. The number of hydrogen-bond donors (Lipinski definition) is 5. The Hall–Kier alpha value is -2.62. The number of carbonyl (C=O) groups is 4. The number of hydrazine groups is 1. The van der Waals surface area contributed by atoms with Crippen LogP contribution in [0.15, 0.2) is 11.9 Å². The largest absolute Gasteiger partial charge is 0.480 e. The summed E-state index contributed by atoms with van der Waals surface area (Å²) in [5, 5.41) is 16.4. The van der Waals surface area contributed by atoms with Gasteiger partial charge in [0.05, 0.1) is 0 Å². The molecule has 0 rings (SSSR count). The van der Waals surface area contributed by atoms with Crippen LogP contribution in [0.2, 0.25) is 0 Å². The molecular weight excluding hydrogens is 558 g/mol. The molecule has 1 unspecified atom stereocenters. The van der Waals surface area contributed by atoms with Gasteiger partial charge in [-0.05, 0) is 38.5 Å². The summed E-state index contributed by atoms with van der Waals surface area (Å²) in [5.74, 6) is 4.66. The third-order valence-electron chi connectivity index (χ3n) is 7.84. The zero-order valence-electron chi connectivity index (χ0n) is 28.2. The predicted octanol–water partition coefficient (Wildman–Crippen LogP) is 6.08. The topological polar surface area (TPSA) is 168 Å². The molecule has 0 radical (unpaired) electrons. The lowest BCUT2D eigenvalue weighted by atomic mass is 10.0. The van der Waals surface area contributed by atoms with Gasteiger partial charge in [0.2, 0.25) is 11.8 Å². The van der Waals surface area contributed by atoms with Crippen LogP contribution >= 0.6 is 0 Å². The normalized spacial score (nSPS) is 12.2. The summed E-state index contributed by atoms with van der Waals surface area (Å²) in [4.78, 5) is 47.7. The first-order chi connectivity index (χ1) is 21.1. The third kappa shape index (κ3) is 25.8. The second-order valence-corrected chi connectivity index (χ2v) is 12.5. The van der Waals surface area contributed by atoms with E-state index >= 15 is 0 Å². The van der Waals surface area contributed by atoms with Gasteiger partial charge < -0.3 is 26.5 Å². The van der Waals surface area contributed by atoms with Crippen LogP contribution in [-0.4, -0.2) is 52.8 Å². The van der Waals surface area contributed by atoms with E-state index in [4.69, 9.17) is 11.6 Å². The SMILES string of the molecule is CCCCCCCCCCCCCCCC(=O)NCCCC(=O)NC(CCCCN(N)/C=C(\N)CCC(=O)C(C)C)C(=O)O. The van der Waals surface area contributed by atoms with E-state index < -0.39 is 12.0 Å². The van der Waals surface area contributed by atoms with Crippen LogP contribution in [0.5, 0.6) is 0 Å². The summed E-state index contributed by atoms with van der Waals surface area (Å²) < 4.78 is 0. The van der Waals surface area contributed by atoms with Crippen molar-refractivity contribution in [1.82, 2.24) is 15.6 Å². The summed E-state index contributed by atoms with van der Waals surface area (Å²) in [6.07, 6.45) is 21.5. The second-order valence-electron chi connectivity index (χ2n) is 12.5. The molecule has 0 bridgehead atoms. The molecule has 1 atom stereocenters. The molecule has 0 aliphatic rings. The zero-order chi connectivity index (χ0) is 33.0. The molecule has 10 heteroatoms. The summed E-state index contributed by atoms with van der Waals surface area (Å²) in [7, 11) is 0. The Morgan fingerprint density at radius 3 is 1.82 bits per heavy atom. The smallest absolute Gasteiger partial charge is 0.326 e. The van der Waals surface area contributed by atoms with Gasteiger partial charge in [-0.1, -0.05) is 97.8 Å². The zero-order valence-corrected chi connectivity index (χ0v) is 28.2. The van der Waals surface area contributed by atoms with Gasteiger partial charge >= 0.3 is 5.97 Å². The lowest BCUT2D eigenvalue weighted by Gasteiger charge is -2.17. The first kappa shape index (κ1) is 41.4. The number of carbonyl (C=O) groups excluding carboxylic acids is 3. The molecule has 256 valence electrons. The fourth-order valence-corrected chi connectivity index (χ4v) is 4.93. The van der Waals surface area contributed by atoms with E-state index in [1.807, 2.05) is 13.8 Å². The van der Waals surface area contributed by atoms with Gasteiger partial charge in [-0.2, -0.15) is 0 Å². The summed E-state index contributed by atoms with van der Waals surface area (Å²) >= 11 is 0. The molecule has 0 aromatic rings. The van der Waals surface area contributed by atoms with E-state index in [9.17, 15) is 24.3 Å². The lowest BCUT2D eigenvalue weighted by molar-refractivity contribution is -0.142. The Morgan fingerprint density at radius 1 is 0.727 bits per heavy atom. The van der Waals surface area contributed by atoms with Gasteiger partial charge in [-0.25, -0.2) is 10.6 Å². The van der Waals surface area contributed by atoms with Gasteiger partial charge in [-0.3, -0.25) is 14.4 Å². The molecule has 10 nitrogen and oxygen atoms in total. The van der Waals surface area contributed by atoms with Crippen LogP contribution in [0.25, 0.3) is 0 Å². The molecule has 0 aliphatic heterocycles. The number of nitrogens with one attached hydrogen (secondary N) is 2. The molecule has 0 aliphatic carbocycles. The van der Waals surface area contributed by atoms with Crippen molar-refractivity contribution >= 4 is 23.6 Å². The number of amides is 2. The van der Waals surface area contributed by atoms with Gasteiger partial charge in [0.25, 0.3) is 0 Å². The number of nitrogens with two attached hydrogens (primary N) is 2. The van der Waals surface area contributed by atoms with E-state index in [0.717, 1.165) is 12.8 Å². The molecule has 0 aromatic heterocycles. The standard InChI is InChI=1S/C34H65N5O5/c1-4-5-6-7-8-9-10-11-12-13-14-15-16-21-32(41)37-25-19-22-33(42)38-30(34(43)44)20-17-18-26-39(36)27-29(35)23-24-31(40)28(2)3/h27-28,30H,4-26,35-36H2,1-3H3,(H,37,41)(H,38,42)(H,43,44)/b29-27-. The highest BCUT2D eigenvalue weighted by molar-refractivity contribution is 5.83. The highest BCUT2D eigenvalue weighted by Crippen LogP contribution is 2.13. The van der Waals surface area contributed by atoms with Crippen molar-refractivity contribution in [2.45, 2.75) is 162 Å². The molecule has 0 aromatic carbocycles. The number of rotatable bonds is 30. The Labute approximate surface area is 267 Å². The number of ketones is 1. The number of allylic oxidation sites excluding steroid dienone is 1. The first-order valence-electron chi connectivity index (χ1n) is 17.4. The van der Waals surface area contributed by atoms with Crippen LogP contribution in [0, 0.1) is 5.92 Å². The van der Waals surface area contributed by atoms with Crippen molar-refractivity contribution in [1.29, 1.82) is 0 Å². The van der Waals surface area contributed by atoms with E-state index in [1.54, 1.807) is 6.20 Å². The number of carboxylic acid groups (broad SMARTS) is 1. The molecule has 0 saturated carbocycles. The van der Waals surface area contributed by atoms with E-state index in [2.05, 4.69) is 17.6 Å². The van der Waals surface area contributed by atoms with Crippen molar-refractivity contribution in [3.63, 3.8) is 0 Å². The Bertz CT molecular complexity index is 818. The molecule has 0 spiro atoms. The molecule has 0 fully saturated rings. The van der Waals surface area contributed by atoms with Crippen LogP contribution < -0.4 is 22.2 Å². The maximum absolute atomic E-state index is 12.3. The minimum Gasteiger partial charge on any atom is -0.480 e. The van der Waals surface area contributed by atoms with E-state index in [1.165, 1.54) is 75.6 Å². The van der Waals surface area contributed by atoms with Gasteiger partial charge in [0, 0.05) is 50.2 Å². The van der Waals surface area contributed by atoms with Gasteiger partial charge in [0.1, 0.15) is 11.8 Å². The second kappa shape index (κ2) is 27.9. The van der Waals surface area contributed by atoms with Crippen molar-refractivity contribution in [2.75, 3.05) is 13.1 Å². The van der Waals surface area contributed by atoms with Crippen molar-refractivity contribution in [2.24, 2.45) is 17.5 Å². The molecule has 44 heavy (non-hydrogen) atoms. The van der Waals surface area contributed by atoms with E-state index in [-0.39, 0.29) is 36.4 Å². The summed E-state index contributed by atoms with van der Waals surface area (Å²) in [6, 6.07) is -0.971. The molecular formula is C34H65N5O5. The fraction of sp³-hybridized carbons (Fsp3) is 0.824. The quantitative estimate of drug-likeness (QED) is 0.0364.